The molecule has 148 valence electrons. The third-order valence-electron chi connectivity index (χ3n) is 5.14. The number of ether oxygens (including phenoxy) is 1. The van der Waals surface area contributed by atoms with Crippen LogP contribution in [0.4, 0.5) is 4.39 Å². The standard InChI is InChI=1S/C23H19Cl2FN2O/c1-14-15(2)28(12-16-3-5-17(26)6-4-16)23-19(14)9-10-27-22(23)13-29-18-7-8-20(24)21(25)11-18/h3-11H,12-13H2,1-2H3. The summed E-state index contributed by atoms with van der Waals surface area (Å²) in [5.74, 6) is 0.389. The van der Waals surface area contributed by atoms with Gasteiger partial charge in [0.05, 0.1) is 15.6 Å². The lowest BCUT2D eigenvalue weighted by Crippen LogP contribution is -2.06. The molecule has 0 atom stereocenters. The van der Waals surface area contributed by atoms with Gasteiger partial charge in [0.25, 0.3) is 0 Å². The lowest BCUT2D eigenvalue weighted by molar-refractivity contribution is 0.302. The maximum absolute atomic E-state index is 13.3. The predicted molar refractivity (Wildman–Crippen MR) is 116 cm³/mol. The molecule has 0 saturated heterocycles. The SMILES string of the molecule is Cc1c(C)n(Cc2ccc(F)cc2)c2c(COc3ccc(Cl)c(Cl)c3)nccc12. The summed E-state index contributed by atoms with van der Waals surface area (Å²) in [4.78, 5) is 4.57. The van der Waals surface area contributed by atoms with Crippen molar-refractivity contribution in [2.45, 2.75) is 27.0 Å². The molecule has 0 radical (unpaired) electrons. The summed E-state index contributed by atoms with van der Waals surface area (Å²) in [6.45, 7) is 5.11. The highest BCUT2D eigenvalue weighted by atomic mass is 35.5. The molecule has 4 rings (SSSR count). The van der Waals surface area contributed by atoms with Crippen molar-refractivity contribution in [3.05, 3.63) is 93.1 Å². The molecule has 29 heavy (non-hydrogen) atoms. The highest BCUT2D eigenvalue weighted by Gasteiger charge is 2.16. The first-order chi connectivity index (χ1) is 13.9. The van der Waals surface area contributed by atoms with Gasteiger partial charge in [-0.05, 0) is 55.3 Å². The van der Waals surface area contributed by atoms with Crippen molar-refractivity contribution in [1.29, 1.82) is 0 Å². The number of nitrogens with zero attached hydrogens (tertiary/aromatic N) is 2. The van der Waals surface area contributed by atoms with Gasteiger partial charge in [-0.3, -0.25) is 4.98 Å². The predicted octanol–water partition coefficient (Wildman–Crippen LogP) is 6.73. The van der Waals surface area contributed by atoms with Crippen LogP contribution in [-0.2, 0) is 13.2 Å². The first-order valence-corrected chi connectivity index (χ1v) is 9.95. The monoisotopic (exact) mass is 428 g/mol. The molecule has 2 heterocycles. The zero-order valence-corrected chi connectivity index (χ0v) is 17.6. The zero-order chi connectivity index (χ0) is 20.5. The largest absolute Gasteiger partial charge is 0.487 e. The van der Waals surface area contributed by atoms with E-state index >= 15 is 0 Å². The zero-order valence-electron chi connectivity index (χ0n) is 16.0. The number of rotatable bonds is 5. The normalized spacial score (nSPS) is 11.2. The van der Waals surface area contributed by atoms with Crippen molar-refractivity contribution in [2.24, 2.45) is 0 Å². The minimum atomic E-state index is -0.239. The second-order valence-electron chi connectivity index (χ2n) is 6.94. The minimum Gasteiger partial charge on any atom is -0.487 e. The van der Waals surface area contributed by atoms with Gasteiger partial charge in [0.1, 0.15) is 23.9 Å². The minimum absolute atomic E-state index is 0.239. The van der Waals surface area contributed by atoms with Crippen molar-refractivity contribution in [3.8, 4) is 5.75 Å². The van der Waals surface area contributed by atoms with Crippen LogP contribution in [0.1, 0.15) is 22.5 Å². The van der Waals surface area contributed by atoms with Crippen LogP contribution in [0.2, 0.25) is 10.0 Å². The fraction of sp³-hybridized carbons (Fsp3) is 0.174. The molecule has 0 aliphatic rings. The molecule has 0 bridgehead atoms. The summed E-state index contributed by atoms with van der Waals surface area (Å²) in [5.41, 5.74) is 5.21. The van der Waals surface area contributed by atoms with Crippen LogP contribution in [0, 0.1) is 19.7 Å². The Kier molecular flexibility index (Phi) is 5.48. The van der Waals surface area contributed by atoms with Gasteiger partial charge in [0.2, 0.25) is 0 Å². The number of benzene rings is 2. The van der Waals surface area contributed by atoms with Crippen LogP contribution < -0.4 is 4.74 Å². The topological polar surface area (TPSA) is 27.1 Å². The number of hydrogen-bond acceptors (Lipinski definition) is 2. The van der Waals surface area contributed by atoms with Crippen molar-refractivity contribution in [1.82, 2.24) is 9.55 Å². The van der Waals surface area contributed by atoms with Crippen LogP contribution >= 0.6 is 23.2 Å². The van der Waals surface area contributed by atoms with Gasteiger partial charge in [0, 0.05) is 29.9 Å². The molecule has 6 heteroatoms. The Labute approximate surface area is 178 Å². The van der Waals surface area contributed by atoms with E-state index in [1.54, 1.807) is 36.5 Å². The molecule has 0 N–H and O–H groups in total. The number of aryl methyl sites for hydroxylation is 1. The van der Waals surface area contributed by atoms with Gasteiger partial charge in [-0.25, -0.2) is 4.39 Å². The van der Waals surface area contributed by atoms with Gasteiger partial charge in [-0.15, -0.1) is 0 Å². The van der Waals surface area contributed by atoms with Gasteiger partial charge in [0.15, 0.2) is 0 Å². The second kappa shape index (κ2) is 8.05. The summed E-state index contributed by atoms with van der Waals surface area (Å²) >= 11 is 12.1. The third-order valence-corrected chi connectivity index (χ3v) is 5.88. The average Bonchev–Trinajstić information content (AvgIpc) is 2.96. The first-order valence-electron chi connectivity index (χ1n) is 9.19. The van der Waals surface area contributed by atoms with Crippen molar-refractivity contribution in [3.63, 3.8) is 0 Å². The molecule has 2 aromatic heterocycles. The first kappa shape index (κ1) is 19.7. The summed E-state index contributed by atoms with van der Waals surface area (Å²) in [5, 5.41) is 2.06. The highest BCUT2D eigenvalue weighted by Crippen LogP contribution is 2.30. The van der Waals surface area contributed by atoms with E-state index in [9.17, 15) is 4.39 Å². The number of hydrogen-bond donors (Lipinski definition) is 0. The summed E-state index contributed by atoms with van der Waals surface area (Å²) < 4.78 is 21.4. The maximum Gasteiger partial charge on any atom is 0.132 e. The molecular formula is C23H19Cl2FN2O. The third kappa shape index (κ3) is 3.96. The van der Waals surface area contributed by atoms with E-state index in [4.69, 9.17) is 27.9 Å². The van der Waals surface area contributed by atoms with Gasteiger partial charge in [-0.1, -0.05) is 35.3 Å². The quantitative estimate of drug-likeness (QED) is 0.352. The number of pyridine rings is 1. The van der Waals surface area contributed by atoms with E-state index in [1.807, 2.05) is 6.07 Å². The van der Waals surface area contributed by atoms with Crippen molar-refractivity contribution < 1.29 is 9.13 Å². The molecule has 0 spiro atoms. The Hall–Kier alpha value is -2.56. The Bertz CT molecular complexity index is 1190. The van der Waals surface area contributed by atoms with E-state index in [-0.39, 0.29) is 5.82 Å². The number of aromatic nitrogens is 2. The second-order valence-corrected chi connectivity index (χ2v) is 7.76. The maximum atomic E-state index is 13.3. The molecule has 0 fully saturated rings. The molecule has 0 saturated carbocycles. The van der Waals surface area contributed by atoms with Crippen LogP contribution in [0.15, 0.2) is 54.7 Å². The molecule has 4 aromatic rings. The fourth-order valence-electron chi connectivity index (χ4n) is 3.46. The average molecular weight is 429 g/mol. The van der Waals surface area contributed by atoms with E-state index in [0.29, 0.717) is 28.9 Å². The smallest absolute Gasteiger partial charge is 0.132 e. The van der Waals surface area contributed by atoms with E-state index < -0.39 is 0 Å². The Morgan fingerprint density at radius 3 is 2.48 bits per heavy atom. The van der Waals surface area contributed by atoms with Crippen LogP contribution in [0.3, 0.4) is 0 Å². The van der Waals surface area contributed by atoms with Crippen LogP contribution in [0.5, 0.6) is 5.75 Å². The van der Waals surface area contributed by atoms with Crippen LogP contribution in [0.25, 0.3) is 10.9 Å². The molecule has 0 aliphatic heterocycles. The molecule has 0 amide bonds. The van der Waals surface area contributed by atoms with E-state index in [2.05, 4.69) is 23.4 Å². The molecule has 2 aromatic carbocycles. The van der Waals surface area contributed by atoms with Crippen LogP contribution in [-0.4, -0.2) is 9.55 Å². The summed E-state index contributed by atoms with van der Waals surface area (Å²) in [6, 6.07) is 13.8. The van der Waals surface area contributed by atoms with E-state index in [0.717, 1.165) is 27.9 Å². The lowest BCUT2D eigenvalue weighted by Gasteiger charge is -2.12. The number of halogens is 3. The summed E-state index contributed by atoms with van der Waals surface area (Å²) in [7, 11) is 0. The molecule has 0 aliphatic carbocycles. The van der Waals surface area contributed by atoms with Crippen molar-refractivity contribution >= 4 is 34.1 Å². The highest BCUT2D eigenvalue weighted by molar-refractivity contribution is 6.42. The number of fused-ring (bicyclic) bond motifs is 1. The molecule has 3 nitrogen and oxygen atoms in total. The fourth-order valence-corrected chi connectivity index (χ4v) is 3.75. The Morgan fingerprint density at radius 1 is 1.00 bits per heavy atom. The lowest BCUT2D eigenvalue weighted by atomic mass is 10.2. The molecule has 0 unspecified atom stereocenters. The summed E-state index contributed by atoms with van der Waals surface area (Å²) in [6.07, 6.45) is 1.80. The van der Waals surface area contributed by atoms with Gasteiger partial charge >= 0.3 is 0 Å². The van der Waals surface area contributed by atoms with Crippen molar-refractivity contribution in [2.75, 3.05) is 0 Å². The van der Waals surface area contributed by atoms with Gasteiger partial charge < -0.3 is 9.30 Å². The van der Waals surface area contributed by atoms with E-state index in [1.165, 1.54) is 17.7 Å². The molecular weight excluding hydrogens is 410 g/mol. The van der Waals surface area contributed by atoms with Gasteiger partial charge in [-0.2, -0.15) is 0 Å². The Balaban J connectivity index is 1.71. The Morgan fingerprint density at radius 2 is 1.76 bits per heavy atom.